The molecule has 0 aliphatic carbocycles. The lowest BCUT2D eigenvalue weighted by Crippen LogP contribution is -2.37. The molecule has 11 heteroatoms. The minimum absolute atomic E-state index is 0.184. The van der Waals surface area contributed by atoms with Gasteiger partial charge in [0.2, 0.25) is 0 Å². The van der Waals surface area contributed by atoms with Gasteiger partial charge in [-0.25, -0.2) is 0 Å². The van der Waals surface area contributed by atoms with Gasteiger partial charge < -0.3 is 47.9 Å². The standard InChI is InChI=1S/C33H69N3O7.C2H6.CH2O/c1-9-31(4)42-26-15-20-35(7)21-16-32(37)43-30-33(5,29-41-27-22-36(8)19-13-24-39-11-3)28-40-25-14-18-34(6)17-12-23-38-10-2;2*1-2/h31H,9-30H2,1-8H3;1-2H3;1H2. The van der Waals surface area contributed by atoms with E-state index in [4.69, 9.17) is 33.2 Å². The summed E-state index contributed by atoms with van der Waals surface area (Å²) < 4.78 is 34.5. The third-order valence-corrected chi connectivity index (χ3v) is 7.35. The minimum atomic E-state index is -0.411. The van der Waals surface area contributed by atoms with Crippen LogP contribution in [0, 0.1) is 5.41 Å². The summed E-state index contributed by atoms with van der Waals surface area (Å²) in [6.45, 7) is 28.1. The summed E-state index contributed by atoms with van der Waals surface area (Å²) in [5.41, 5.74) is -0.411. The minimum Gasteiger partial charge on any atom is -0.465 e. The first-order valence-corrected chi connectivity index (χ1v) is 18.1. The second-order valence-electron chi connectivity index (χ2n) is 12.1. The van der Waals surface area contributed by atoms with Crippen LogP contribution in [-0.4, -0.2) is 160 Å². The van der Waals surface area contributed by atoms with Crippen LogP contribution < -0.4 is 0 Å². The van der Waals surface area contributed by atoms with Crippen molar-refractivity contribution in [2.45, 2.75) is 93.1 Å². The molecule has 47 heavy (non-hydrogen) atoms. The molecule has 0 saturated heterocycles. The highest BCUT2D eigenvalue weighted by molar-refractivity contribution is 5.69. The van der Waals surface area contributed by atoms with Gasteiger partial charge in [0.1, 0.15) is 13.4 Å². The summed E-state index contributed by atoms with van der Waals surface area (Å²) >= 11 is 0. The van der Waals surface area contributed by atoms with Gasteiger partial charge in [-0.3, -0.25) is 4.79 Å². The molecule has 0 N–H and O–H groups in total. The van der Waals surface area contributed by atoms with Crippen LogP contribution in [0.15, 0.2) is 0 Å². The average molecular weight is 680 g/mol. The summed E-state index contributed by atoms with van der Waals surface area (Å²) in [5.74, 6) is -0.184. The van der Waals surface area contributed by atoms with Gasteiger partial charge in [0, 0.05) is 84.3 Å². The fraction of sp³-hybridized carbons (Fsp3) is 0.944. The summed E-state index contributed by atoms with van der Waals surface area (Å²) in [6.07, 6.45) is 5.63. The predicted octanol–water partition coefficient (Wildman–Crippen LogP) is 5.04. The summed E-state index contributed by atoms with van der Waals surface area (Å²) in [5, 5.41) is 0. The van der Waals surface area contributed by atoms with Crippen LogP contribution in [0.1, 0.15) is 87.0 Å². The number of rotatable bonds is 32. The van der Waals surface area contributed by atoms with Crippen LogP contribution in [0.4, 0.5) is 0 Å². The Balaban J connectivity index is -0.00000464. The molecule has 0 radical (unpaired) electrons. The van der Waals surface area contributed by atoms with E-state index in [0.717, 1.165) is 97.9 Å². The quantitative estimate of drug-likeness (QED) is 0.0706. The van der Waals surface area contributed by atoms with Crippen molar-refractivity contribution in [3.05, 3.63) is 0 Å². The van der Waals surface area contributed by atoms with Crippen molar-refractivity contribution in [1.29, 1.82) is 0 Å². The number of carbonyl (C=O) groups is 2. The second-order valence-corrected chi connectivity index (χ2v) is 12.1. The molecule has 0 aliphatic rings. The van der Waals surface area contributed by atoms with E-state index < -0.39 is 5.41 Å². The second kappa shape index (κ2) is 37.6. The molecule has 0 aliphatic heterocycles. The van der Waals surface area contributed by atoms with E-state index in [2.05, 4.69) is 49.6 Å². The lowest BCUT2D eigenvalue weighted by molar-refractivity contribution is -0.151. The first-order valence-electron chi connectivity index (χ1n) is 18.1. The monoisotopic (exact) mass is 680 g/mol. The molecule has 0 aromatic rings. The maximum Gasteiger partial charge on any atom is 0.307 e. The van der Waals surface area contributed by atoms with Crippen molar-refractivity contribution in [2.75, 3.05) is 126 Å². The summed E-state index contributed by atoms with van der Waals surface area (Å²) in [6, 6.07) is 0. The molecular weight excluding hydrogens is 602 g/mol. The van der Waals surface area contributed by atoms with Gasteiger partial charge in [-0.05, 0) is 74.0 Å². The van der Waals surface area contributed by atoms with Gasteiger partial charge in [-0.15, -0.1) is 0 Å². The van der Waals surface area contributed by atoms with E-state index in [-0.39, 0.29) is 12.6 Å². The van der Waals surface area contributed by atoms with Crippen LogP contribution in [0.5, 0.6) is 0 Å². The molecule has 0 heterocycles. The van der Waals surface area contributed by atoms with Crippen molar-refractivity contribution >= 4 is 12.8 Å². The molecule has 0 spiro atoms. The van der Waals surface area contributed by atoms with Crippen LogP contribution in [0.3, 0.4) is 0 Å². The highest BCUT2D eigenvalue weighted by Gasteiger charge is 2.28. The van der Waals surface area contributed by atoms with E-state index >= 15 is 0 Å². The average Bonchev–Trinajstić information content (AvgIpc) is 3.08. The fourth-order valence-corrected chi connectivity index (χ4v) is 4.26. The van der Waals surface area contributed by atoms with Gasteiger partial charge in [0.05, 0.1) is 32.3 Å². The van der Waals surface area contributed by atoms with Gasteiger partial charge in [-0.2, -0.15) is 0 Å². The van der Waals surface area contributed by atoms with Crippen molar-refractivity contribution < 1.29 is 38.0 Å². The van der Waals surface area contributed by atoms with E-state index in [0.29, 0.717) is 45.5 Å². The maximum absolute atomic E-state index is 12.6. The Morgan fingerprint density at radius 2 is 1.06 bits per heavy atom. The van der Waals surface area contributed by atoms with Gasteiger partial charge in [-0.1, -0.05) is 27.7 Å². The Bertz CT molecular complexity index is 649. The summed E-state index contributed by atoms with van der Waals surface area (Å²) in [7, 11) is 6.27. The number of ether oxygens (including phenoxy) is 6. The van der Waals surface area contributed by atoms with Gasteiger partial charge in [0.15, 0.2) is 0 Å². The van der Waals surface area contributed by atoms with Gasteiger partial charge in [0.25, 0.3) is 0 Å². The van der Waals surface area contributed by atoms with E-state index in [1.165, 1.54) is 0 Å². The molecule has 0 aromatic heterocycles. The predicted molar refractivity (Wildman–Crippen MR) is 193 cm³/mol. The van der Waals surface area contributed by atoms with Crippen LogP contribution in [0.25, 0.3) is 0 Å². The van der Waals surface area contributed by atoms with E-state index in [1.807, 2.05) is 41.5 Å². The normalized spacial score (nSPS) is 13.1. The highest BCUT2D eigenvalue weighted by Crippen LogP contribution is 2.19. The Morgan fingerprint density at radius 3 is 1.55 bits per heavy atom. The smallest absolute Gasteiger partial charge is 0.307 e. The van der Waals surface area contributed by atoms with Crippen molar-refractivity contribution in [1.82, 2.24) is 14.7 Å². The zero-order valence-electron chi connectivity index (χ0n) is 32.4. The Kier molecular flexibility index (Phi) is 40.2. The molecule has 0 aromatic carbocycles. The third kappa shape index (κ3) is 35.9. The lowest BCUT2D eigenvalue weighted by Gasteiger charge is -2.29. The topological polar surface area (TPSA) is 99.2 Å². The number of likely N-dealkylation sites (N-methyl/N-ethyl adjacent to an activating group) is 1. The molecule has 0 saturated carbocycles. The van der Waals surface area contributed by atoms with E-state index in [1.54, 1.807) is 0 Å². The first kappa shape index (κ1) is 50.2. The Morgan fingerprint density at radius 1 is 0.638 bits per heavy atom. The van der Waals surface area contributed by atoms with Crippen molar-refractivity contribution in [2.24, 2.45) is 5.41 Å². The first-order chi connectivity index (χ1) is 22.7. The van der Waals surface area contributed by atoms with Crippen LogP contribution >= 0.6 is 0 Å². The molecule has 0 fully saturated rings. The number of carbonyl (C=O) groups excluding carboxylic acids is 2. The van der Waals surface area contributed by atoms with Gasteiger partial charge >= 0.3 is 5.97 Å². The molecular formula is C36H77N3O8. The fourth-order valence-electron chi connectivity index (χ4n) is 4.26. The maximum atomic E-state index is 12.6. The zero-order valence-corrected chi connectivity index (χ0v) is 32.4. The number of esters is 1. The van der Waals surface area contributed by atoms with Crippen LogP contribution in [-0.2, 0) is 38.0 Å². The molecule has 11 nitrogen and oxygen atoms in total. The Hall–Kier alpha value is -1.18. The summed E-state index contributed by atoms with van der Waals surface area (Å²) in [4.78, 5) is 27.3. The van der Waals surface area contributed by atoms with E-state index in [9.17, 15) is 4.79 Å². The number of hydrogen-bond donors (Lipinski definition) is 0. The number of nitrogens with zero attached hydrogens (tertiary/aromatic N) is 3. The third-order valence-electron chi connectivity index (χ3n) is 7.35. The van der Waals surface area contributed by atoms with Crippen molar-refractivity contribution in [3.8, 4) is 0 Å². The molecule has 0 amide bonds. The van der Waals surface area contributed by atoms with Crippen molar-refractivity contribution in [3.63, 3.8) is 0 Å². The van der Waals surface area contributed by atoms with Crippen LogP contribution in [0.2, 0.25) is 0 Å². The largest absolute Gasteiger partial charge is 0.465 e. The zero-order chi connectivity index (χ0) is 36.2. The molecule has 284 valence electrons. The highest BCUT2D eigenvalue weighted by atomic mass is 16.5. The molecule has 2 unspecified atom stereocenters. The number of hydrogen-bond acceptors (Lipinski definition) is 11. The molecule has 0 bridgehead atoms. The molecule has 0 rings (SSSR count). The lowest BCUT2D eigenvalue weighted by atomic mass is 9.94. The SMILES string of the molecule is C=O.CC.CCOCCCN(C)CCCOCC(C)(COCCN(C)CCCOCC)COC(=O)CCN(C)CCCOC(C)CC. The Labute approximate surface area is 290 Å². The molecule has 2 atom stereocenters.